The Kier molecular flexibility index (Phi) is 7.31. The molecule has 1 N–H and O–H groups in total. The number of alkyl halides is 2. The molecule has 0 saturated heterocycles. The molecule has 0 spiro atoms. The Morgan fingerprint density at radius 1 is 1.15 bits per heavy atom. The zero-order chi connectivity index (χ0) is 19.3. The highest BCUT2D eigenvalue weighted by molar-refractivity contribution is 5.47. The number of hydrogen-bond donors (Lipinski definition) is 1. The summed E-state index contributed by atoms with van der Waals surface area (Å²) < 4.78 is 34.6. The Labute approximate surface area is 157 Å². The summed E-state index contributed by atoms with van der Waals surface area (Å²) in [5, 5.41) is 10.1. The van der Waals surface area contributed by atoms with E-state index in [0.29, 0.717) is 29.9 Å². The minimum atomic E-state index is -3.16. The predicted molar refractivity (Wildman–Crippen MR) is 102 cm³/mol. The van der Waals surface area contributed by atoms with Crippen molar-refractivity contribution in [2.75, 3.05) is 0 Å². The summed E-state index contributed by atoms with van der Waals surface area (Å²) in [7, 11) is 0. The number of hydrogen-bond acceptors (Lipinski definition) is 2. The van der Waals surface area contributed by atoms with Gasteiger partial charge < -0.3 is 9.84 Å². The highest BCUT2D eigenvalue weighted by atomic mass is 19.3. The third-order valence-electron chi connectivity index (χ3n) is 5.72. The van der Waals surface area contributed by atoms with Gasteiger partial charge in [0.15, 0.2) is 0 Å². The fourth-order valence-corrected chi connectivity index (χ4v) is 3.98. The predicted octanol–water partition coefficient (Wildman–Crippen LogP) is 7.18. The average Bonchev–Trinajstić information content (AvgIpc) is 2.58. The number of phenolic OH excluding ortho intramolecular Hbond substituents is 1. The first-order valence-corrected chi connectivity index (χ1v) is 10.1. The number of aryl methyl sites for hydroxylation is 1. The maximum atomic E-state index is 14.7. The first-order chi connectivity index (χ1) is 12.2. The molecule has 2 nitrogen and oxygen atoms in total. The van der Waals surface area contributed by atoms with Crippen LogP contribution >= 0.6 is 0 Å². The van der Waals surface area contributed by atoms with Crippen molar-refractivity contribution in [2.45, 2.75) is 91.1 Å². The van der Waals surface area contributed by atoms with E-state index in [2.05, 4.69) is 6.92 Å². The van der Waals surface area contributed by atoms with Gasteiger partial charge in [0.2, 0.25) is 0 Å². The smallest absolute Gasteiger partial charge is 0.400 e. The van der Waals surface area contributed by atoms with E-state index in [1.165, 1.54) is 31.7 Å². The molecule has 0 amide bonds. The summed E-state index contributed by atoms with van der Waals surface area (Å²) in [5.74, 6) is 0.241. The van der Waals surface area contributed by atoms with Crippen LogP contribution in [0.15, 0.2) is 12.1 Å². The number of aromatic hydroxyl groups is 1. The van der Waals surface area contributed by atoms with Gasteiger partial charge >= 0.3 is 6.11 Å². The fourth-order valence-electron chi connectivity index (χ4n) is 3.98. The van der Waals surface area contributed by atoms with Crippen LogP contribution in [0.3, 0.4) is 0 Å². The molecular weight excluding hydrogens is 334 g/mol. The Bertz CT molecular complexity index is 576. The summed E-state index contributed by atoms with van der Waals surface area (Å²) in [4.78, 5) is 0. The lowest BCUT2D eigenvalue weighted by Gasteiger charge is -2.33. The molecule has 1 aliphatic carbocycles. The third-order valence-corrected chi connectivity index (χ3v) is 5.72. The molecule has 148 valence electrons. The van der Waals surface area contributed by atoms with E-state index in [4.69, 9.17) is 4.74 Å². The van der Waals surface area contributed by atoms with Gasteiger partial charge in [-0.2, -0.15) is 8.78 Å². The third kappa shape index (κ3) is 5.34. The summed E-state index contributed by atoms with van der Waals surface area (Å²) in [6, 6.07) is 3.06. The Morgan fingerprint density at radius 3 is 2.38 bits per heavy atom. The van der Waals surface area contributed by atoms with Crippen molar-refractivity contribution in [3.63, 3.8) is 0 Å². The zero-order valence-corrected chi connectivity index (χ0v) is 16.7. The minimum absolute atomic E-state index is 0.0458. The molecule has 1 aromatic carbocycles. The highest BCUT2D eigenvalue weighted by Gasteiger charge is 2.44. The van der Waals surface area contributed by atoms with Crippen molar-refractivity contribution < 1.29 is 18.6 Å². The molecular formula is C22H34F2O2. The molecule has 4 heteroatoms. The van der Waals surface area contributed by atoms with Crippen molar-refractivity contribution >= 4 is 0 Å². The molecule has 1 saturated carbocycles. The van der Waals surface area contributed by atoms with Crippen LogP contribution in [0.2, 0.25) is 0 Å². The Morgan fingerprint density at radius 2 is 1.81 bits per heavy atom. The van der Waals surface area contributed by atoms with Crippen LogP contribution in [0.5, 0.6) is 11.5 Å². The molecule has 0 bridgehead atoms. The highest BCUT2D eigenvalue weighted by Crippen LogP contribution is 2.42. The van der Waals surface area contributed by atoms with Crippen LogP contribution in [0.25, 0.3) is 0 Å². The standard InChI is InChI=1S/C22H34F2O2/c1-5-6-7-8-17-9-11-18(12-10-17)22(23,24)26-19-13-16(4)21(25)20(14-19)15(2)3/h13-15,17-18,25H,5-12H2,1-4H3. The molecule has 1 aliphatic rings. The van der Waals surface area contributed by atoms with Gasteiger partial charge in [0, 0.05) is 5.56 Å². The second kappa shape index (κ2) is 9.05. The summed E-state index contributed by atoms with van der Waals surface area (Å²) in [5.41, 5.74) is 1.22. The van der Waals surface area contributed by atoms with Gasteiger partial charge in [-0.05, 0) is 62.1 Å². The first kappa shape index (κ1) is 21.0. The van der Waals surface area contributed by atoms with Crippen LogP contribution in [0.4, 0.5) is 8.78 Å². The largest absolute Gasteiger partial charge is 0.507 e. The molecule has 2 rings (SSSR count). The number of halogens is 2. The fraction of sp³-hybridized carbons (Fsp3) is 0.727. The average molecular weight is 369 g/mol. The lowest BCUT2D eigenvalue weighted by Crippen LogP contribution is -2.37. The van der Waals surface area contributed by atoms with Crippen LogP contribution in [-0.4, -0.2) is 11.2 Å². The van der Waals surface area contributed by atoms with Crippen molar-refractivity contribution in [3.8, 4) is 11.5 Å². The van der Waals surface area contributed by atoms with E-state index in [0.717, 1.165) is 12.8 Å². The molecule has 1 aromatic rings. The van der Waals surface area contributed by atoms with Gasteiger partial charge in [-0.25, -0.2) is 0 Å². The van der Waals surface area contributed by atoms with E-state index in [1.807, 2.05) is 13.8 Å². The van der Waals surface area contributed by atoms with E-state index in [1.54, 1.807) is 13.0 Å². The molecule has 0 aromatic heterocycles. The molecule has 1 fully saturated rings. The van der Waals surface area contributed by atoms with Crippen molar-refractivity contribution in [1.29, 1.82) is 0 Å². The van der Waals surface area contributed by atoms with Crippen LogP contribution < -0.4 is 4.74 Å². The Hall–Kier alpha value is -1.32. The monoisotopic (exact) mass is 368 g/mol. The number of rotatable bonds is 8. The number of unbranched alkanes of at least 4 members (excludes halogenated alkanes) is 2. The number of ether oxygens (including phenoxy) is 1. The summed E-state index contributed by atoms with van der Waals surface area (Å²) >= 11 is 0. The van der Waals surface area contributed by atoms with Gasteiger partial charge in [0.05, 0.1) is 5.92 Å². The lowest BCUT2D eigenvalue weighted by molar-refractivity contribution is -0.223. The van der Waals surface area contributed by atoms with Crippen molar-refractivity contribution in [3.05, 3.63) is 23.3 Å². The molecule has 0 heterocycles. The van der Waals surface area contributed by atoms with E-state index in [-0.39, 0.29) is 17.4 Å². The molecule has 0 radical (unpaired) electrons. The van der Waals surface area contributed by atoms with Gasteiger partial charge in [-0.15, -0.1) is 0 Å². The van der Waals surface area contributed by atoms with Crippen molar-refractivity contribution in [1.82, 2.24) is 0 Å². The van der Waals surface area contributed by atoms with Gasteiger partial charge in [0.1, 0.15) is 11.5 Å². The van der Waals surface area contributed by atoms with E-state index < -0.39 is 12.0 Å². The first-order valence-electron chi connectivity index (χ1n) is 10.1. The summed E-state index contributed by atoms with van der Waals surface area (Å²) in [6.45, 7) is 7.75. The lowest BCUT2D eigenvalue weighted by atomic mass is 9.79. The van der Waals surface area contributed by atoms with Gasteiger partial charge in [-0.1, -0.05) is 46.5 Å². The van der Waals surface area contributed by atoms with Gasteiger partial charge in [-0.3, -0.25) is 0 Å². The number of benzene rings is 1. The van der Waals surface area contributed by atoms with Gasteiger partial charge in [0.25, 0.3) is 0 Å². The minimum Gasteiger partial charge on any atom is -0.507 e. The Balaban J connectivity index is 1.99. The number of phenols is 1. The van der Waals surface area contributed by atoms with Crippen LogP contribution in [0.1, 0.15) is 89.2 Å². The van der Waals surface area contributed by atoms with E-state index >= 15 is 0 Å². The SMILES string of the molecule is CCCCCC1CCC(C(F)(F)Oc2cc(C)c(O)c(C(C)C)c2)CC1. The molecule has 0 aliphatic heterocycles. The molecule has 0 unspecified atom stereocenters. The topological polar surface area (TPSA) is 29.5 Å². The zero-order valence-electron chi connectivity index (χ0n) is 16.7. The van der Waals surface area contributed by atoms with Crippen molar-refractivity contribution in [2.24, 2.45) is 11.8 Å². The second-order valence-corrected chi connectivity index (χ2v) is 8.21. The van der Waals surface area contributed by atoms with E-state index in [9.17, 15) is 13.9 Å². The quantitative estimate of drug-likeness (QED) is 0.492. The van der Waals surface area contributed by atoms with Crippen LogP contribution in [0, 0.1) is 18.8 Å². The summed E-state index contributed by atoms with van der Waals surface area (Å²) in [6.07, 6.45) is 4.45. The molecule has 26 heavy (non-hydrogen) atoms. The maximum absolute atomic E-state index is 14.7. The second-order valence-electron chi connectivity index (χ2n) is 8.21. The van der Waals surface area contributed by atoms with Crippen LogP contribution in [-0.2, 0) is 0 Å². The maximum Gasteiger partial charge on any atom is 0.400 e. The molecule has 0 atom stereocenters. The normalized spacial score (nSPS) is 21.2.